The van der Waals surface area contributed by atoms with Gasteiger partial charge in [0, 0.05) is 31.7 Å². The smallest absolute Gasteiger partial charge is 0.129 e. The molecule has 4 heteroatoms. The van der Waals surface area contributed by atoms with Crippen molar-refractivity contribution >= 4 is 5.82 Å². The lowest BCUT2D eigenvalue weighted by molar-refractivity contribution is 0.207. The number of anilines is 1. The maximum absolute atomic E-state index is 6.34. The van der Waals surface area contributed by atoms with Gasteiger partial charge in [-0.2, -0.15) is 0 Å². The summed E-state index contributed by atoms with van der Waals surface area (Å²) in [5.74, 6) is 2.56. The number of hydrogen-bond acceptors (Lipinski definition) is 4. The van der Waals surface area contributed by atoms with E-state index in [-0.39, 0.29) is 0 Å². The van der Waals surface area contributed by atoms with Crippen molar-refractivity contribution in [3.63, 3.8) is 0 Å². The Morgan fingerprint density at radius 3 is 2.59 bits per heavy atom. The van der Waals surface area contributed by atoms with Crippen molar-refractivity contribution < 1.29 is 4.74 Å². The number of piperazine rings is 1. The summed E-state index contributed by atoms with van der Waals surface area (Å²) < 4.78 is 6.34. The van der Waals surface area contributed by atoms with Crippen molar-refractivity contribution in [2.24, 2.45) is 0 Å². The van der Waals surface area contributed by atoms with E-state index in [1.807, 2.05) is 0 Å². The number of ether oxygens (including phenoxy) is 1. The van der Waals surface area contributed by atoms with Crippen LogP contribution in [-0.2, 0) is 0 Å². The number of rotatable bonds is 5. The summed E-state index contributed by atoms with van der Waals surface area (Å²) in [6, 6.07) is 13.0. The van der Waals surface area contributed by atoms with Crippen LogP contribution in [0.25, 0.3) is 11.3 Å². The van der Waals surface area contributed by atoms with E-state index in [1.165, 1.54) is 36.8 Å². The topological polar surface area (TPSA) is 37.4 Å². The van der Waals surface area contributed by atoms with Gasteiger partial charge in [0.05, 0.1) is 11.8 Å². The van der Waals surface area contributed by atoms with Crippen molar-refractivity contribution in [3.05, 3.63) is 42.0 Å². The van der Waals surface area contributed by atoms with E-state index in [0.717, 1.165) is 43.4 Å². The molecule has 0 spiro atoms. The first kappa shape index (κ1) is 18.3. The first-order chi connectivity index (χ1) is 13.2. The fourth-order valence-corrected chi connectivity index (χ4v) is 4.11. The second-order valence-electron chi connectivity index (χ2n) is 8.05. The van der Waals surface area contributed by atoms with Crippen molar-refractivity contribution in [2.75, 3.05) is 31.1 Å². The van der Waals surface area contributed by atoms with Crippen molar-refractivity contribution in [1.29, 1.82) is 0 Å². The summed E-state index contributed by atoms with van der Waals surface area (Å²) in [6.45, 7) is 8.56. The Labute approximate surface area is 162 Å². The van der Waals surface area contributed by atoms with E-state index in [1.54, 1.807) is 0 Å². The van der Waals surface area contributed by atoms with Crippen LogP contribution in [0.3, 0.4) is 0 Å². The predicted octanol–water partition coefficient (Wildman–Crippen LogP) is 4.60. The monoisotopic (exact) mass is 365 g/mol. The van der Waals surface area contributed by atoms with Crippen LogP contribution in [0.5, 0.6) is 5.75 Å². The summed E-state index contributed by atoms with van der Waals surface area (Å²) in [7, 11) is 0. The predicted molar refractivity (Wildman–Crippen MR) is 112 cm³/mol. The van der Waals surface area contributed by atoms with Crippen LogP contribution < -0.4 is 15.0 Å². The number of hydrogen-bond donors (Lipinski definition) is 1. The quantitative estimate of drug-likeness (QED) is 0.840. The molecule has 4 rings (SSSR count). The molecule has 2 heterocycles. The van der Waals surface area contributed by atoms with Gasteiger partial charge in [-0.25, -0.2) is 4.98 Å². The molecule has 1 aromatic heterocycles. The average molecular weight is 366 g/mol. The minimum atomic E-state index is 0.391. The van der Waals surface area contributed by atoms with Crippen LogP contribution in [0.2, 0.25) is 0 Å². The minimum absolute atomic E-state index is 0.391. The molecule has 0 radical (unpaired) electrons. The fourth-order valence-electron chi connectivity index (χ4n) is 4.11. The zero-order valence-corrected chi connectivity index (χ0v) is 16.6. The van der Waals surface area contributed by atoms with Crippen LogP contribution in [0.4, 0.5) is 5.82 Å². The van der Waals surface area contributed by atoms with Crippen LogP contribution in [0, 0.1) is 0 Å². The molecule has 1 N–H and O–H groups in total. The van der Waals surface area contributed by atoms with E-state index in [9.17, 15) is 0 Å². The Kier molecular flexibility index (Phi) is 5.63. The molecule has 2 aromatic rings. The molecule has 0 amide bonds. The largest absolute Gasteiger partial charge is 0.490 e. The third kappa shape index (κ3) is 4.27. The molecule has 1 aliphatic carbocycles. The number of nitrogens with one attached hydrogen (secondary N) is 1. The van der Waals surface area contributed by atoms with E-state index in [4.69, 9.17) is 9.72 Å². The number of aromatic nitrogens is 1. The van der Waals surface area contributed by atoms with Crippen molar-refractivity contribution in [3.8, 4) is 17.0 Å². The summed E-state index contributed by atoms with van der Waals surface area (Å²) in [4.78, 5) is 7.32. The summed E-state index contributed by atoms with van der Waals surface area (Å²) in [6.07, 6.45) is 5.36. The Balaban J connectivity index is 1.60. The van der Waals surface area contributed by atoms with Gasteiger partial charge in [0.1, 0.15) is 11.6 Å². The van der Waals surface area contributed by atoms with Gasteiger partial charge in [-0.05, 0) is 67.5 Å². The summed E-state index contributed by atoms with van der Waals surface area (Å²) in [5.41, 5.74) is 3.50. The number of pyridine rings is 1. The highest BCUT2D eigenvalue weighted by Gasteiger charge is 2.19. The van der Waals surface area contributed by atoms with Crippen LogP contribution in [0.15, 0.2) is 36.4 Å². The van der Waals surface area contributed by atoms with Gasteiger partial charge in [0.15, 0.2) is 0 Å². The van der Waals surface area contributed by atoms with E-state index in [0.29, 0.717) is 12.0 Å². The molecule has 144 valence electrons. The highest BCUT2D eigenvalue weighted by Crippen LogP contribution is 2.34. The first-order valence-corrected chi connectivity index (χ1v) is 10.4. The molecule has 1 aromatic carbocycles. The van der Waals surface area contributed by atoms with Gasteiger partial charge in [0.25, 0.3) is 0 Å². The second-order valence-corrected chi connectivity index (χ2v) is 8.05. The fraction of sp³-hybridized carbons (Fsp3) is 0.522. The molecule has 2 aliphatic rings. The Morgan fingerprint density at radius 1 is 1.07 bits per heavy atom. The van der Waals surface area contributed by atoms with Gasteiger partial charge in [-0.15, -0.1) is 0 Å². The molecule has 4 nitrogen and oxygen atoms in total. The zero-order chi connectivity index (χ0) is 18.6. The third-order valence-electron chi connectivity index (χ3n) is 5.70. The standard InChI is InChI=1S/C23H31N3O/c1-17(2)20-16-18(10-11-22(20)27-19-6-3-4-7-19)21-8-5-9-23(25-21)26-14-12-24-13-15-26/h5,8-11,16-17,19,24H,3-4,6-7,12-15H2,1-2H3. The van der Waals surface area contributed by atoms with Gasteiger partial charge in [-0.3, -0.25) is 0 Å². The van der Waals surface area contributed by atoms with E-state index < -0.39 is 0 Å². The summed E-state index contributed by atoms with van der Waals surface area (Å²) in [5, 5.41) is 3.40. The molecule has 27 heavy (non-hydrogen) atoms. The molecule has 1 saturated carbocycles. The van der Waals surface area contributed by atoms with Crippen molar-refractivity contribution in [2.45, 2.75) is 51.6 Å². The molecule has 1 aliphatic heterocycles. The molecular formula is C23H31N3O. The zero-order valence-electron chi connectivity index (χ0n) is 16.6. The SMILES string of the molecule is CC(C)c1cc(-c2cccc(N3CCNCC3)n2)ccc1OC1CCCC1. The molecule has 0 atom stereocenters. The second kappa shape index (κ2) is 8.30. The van der Waals surface area contributed by atoms with Gasteiger partial charge in [-0.1, -0.05) is 19.9 Å². The molecule has 2 fully saturated rings. The first-order valence-electron chi connectivity index (χ1n) is 10.4. The highest BCUT2D eigenvalue weighted by molar-refractivity contribution is 5.64. The average Bonchev–Trinajstić information content (AvgIpc) is 3.22. The summed E-state index contributed by atoms with van der Waals surface area (Å²) >= 11 is 0. The number of nitrogens with zero attached hydrogens (tertiary/aromatic N) is 2. The molecule has 0 bridgehead atoms. The normalized spacial score (nSPS) is 18.3. The van der Waals surface area contributed by atoms with Crippen LogP contribution in [-0.4, -0.2) is 37.3 Å². The Bertz CT molecular complexity index is 762. The van der Waals surface area contributed by atoms with Crippen molar-refractivity contribution in [1.82, 2.24) is 10.3 Å². The Hall–Kier alpha value is -2.07. The maximum atomic E-state index is 6.34. The van der Waals surface area contributed by atoms with E-state index in [2.05, 4.69) is 60.5 Å². The lowest BCUT2D eigenvalue weighted by atomic mass is 9.98. The van der Waals surface area contributed by atoms with Crippen LogP contribution in [0.1, 0.15) is 51.0 Å². The Morgan fingerprint density at radius 2 is 1.85 bits per heavy atom. The van der Waals surface area contributed by atoms with Gasteiger partial charge in [0.2, 0.25) is 0 Å². The van der Waals surface area contributed by atoms with Crippen LogP contribution >= 0.6 is 0 Å². The van der Waals surface area contributed by atoms with Gasteiger partial charge < -0.3 is 15.0 Å². The van der Waals surface area contributed by atoms with Gasteiger partial charge >= 0.3 is 0 Å². The lowest BCUT2D eigenvalue weighted by Gasteiger charge is -2.28. The number of benzene rings is 1. The molecule has 1 saturated heterocycles. The highest BCUT2D eigenvalue weighted by atomic mass is 16.5. The molecule has 0 unspecified atom stereocenters. The molecular weight excluding hydrogens is 334 g/mol. The lowest BCUT2D eigenvalue weighted by Crippen LogP contribution is -2.43. The third-order valence-corrected chi connectivity index (χ3v) is 5.70. The maximum Gasteiger partial charge on any atom is 0.129 e. The minimum Gasteiger partial charge on any atom is -0.490 e. The van der Waals surface area contributed by atoms with E-state index >= 15 is 0 Å².